The zero-order chi connectivity index (χ0) is 17.2. The summed E-state index contributed by atoms with van der Waals surface area (Å²) in [4.78, 5) is 11.2. The largest absolute Gasteiger partial charge is 0.373 e. The summed E-state index contributed by atoms with van der Waals surface area (Å²) in [6.07, 6.45) is 9.09. The van der Waals surface area contributed by atoms with Crippen LogP contribution in [0.4, 0.5) is 5.82 Å². The number of nitrogens with one attached hydrogen (secondary N) is 2. The lowest BCUT2D eigenvalue weighted by Gasteiger charge is -2.39. The van der Waals surface area contributed by atoms with Gasteiger partial charge in [0.1, 0.15) is 12.1 Å². The Bertz CT molecular complexity index is 694. The molecule has 1 saturated heterocycles. The van der Waals surface area contributed by atoms with Gasteiger partial charge in [0.25, 0.3) is 0 Å². The number of aromatic nitrogens is 4. The Morgan fingerprint density at radius 1 is 1.24 bits per heavy atom. The maximum atomic E-state index is 5.86. The van der Waals surface area contributed by atoms with E-state index in [0.717, 1.165) is 35.9 Å². The number of morpholine rings is 1. The Hall–Kier alpha value is -1.73. The minimum absolute atomic E-state index is 0.344. The fraction of sp³-hybridized carbons (Fsp3) is 0.722. The Morgan fingerprint density at radius 3 is 2.92 bits per heavy atom. The summed E-state index contributed by atoms with van der Waals surface area (Å²) < 4.78 is 5.86. The van der Waals surface area contributed by atoms with Crippen LogP contribution in [-0.4, -0.2) is 62.9 Å². The van der Waals surface area contributed by atoms with E-state index in [1.54, 1.807) is 12.5 Å². The number of ether oxygens (including phenoxy) is 1. The lowest BCUT2D eigenvalue weighted by Crippen LogP contribution is -2.47. The highest BCUT2D eigenvalue weighted by Gasteiger charge is 2.28. The van der Waals surface area contributed by atoms with Crippen LogP contribution in [0.25, 0.3) is 11.0 Å². The number of hydrogen-bond acceptors (Lipinski definition) is 6. The molecule has 25 heavy (non-hydrogen) atoms. The van der Waals surface area contributed by atoms with Crippen molar-refractivity contribution in [2.75, 3.05) is 25.0 Å². The number of H-pyrrole nitrogens is 1. The van der Waals surface area contributed by atoms with Gasteiger partial charge in [-0.2, -0.15) is 5.10 Å². The van der Waals surface area contributed by atoms with Crippen LogP contribution in [0.5, 0.6) is 0 Å². The normalized spacial score (nSPS) is 31.3. The Kier molecular flexibility index (Phi) is 4.85. The number of fused-ring (bicyclic) bond motifs is 1. The molecule has 0 bridgehead atoms. The van der Waals surface area contributed by atoms with Crippen LogP contribution < -0.4 is 5.32 Å². The third kappa shape index (κ3) is 3.93. The van der Waals surface area contributed by atoms with Gasteiger partial charge in [-0.15, -0.1) is 0 Å². The molecule has 0 amide bonds. The smallest absolute Gasteiger partial charge is 0.160 e. The molecule has 4 atom stereocenters. The summed E-state index contributed by atoms with van der Waals surface area (Å²) >= 11 is 0. The molecule has 3 heterocycles. The molecule has 2 aromatic rings. The summed E-state index contributed by atoms with van der Waals surface area (Å²) in [5, 5.41) is 11.6. The van der Waals surface area contributed by atoms with Crippen LogP contribution in [0.3, 0.4) is 0 Å². The first kappa shape index (κ1) is 16.7. The van der Waals surface area contributed by atoms with E-state index in [2.05, 4.69) is 44.2 Å². The number of nitrogens with zero attached hydrogens (tertiary/aromatic N) is 4. The third-order valence-electron chi connectivity index (χ3n) is 5.38. The quantitative estimate of drug-likeness (QED) is 0.887. The van der Waals surface area contributed by atoms with Gasteiger partial charge in [0.05, 0.1) is 23.8 Å². The number of anilines is 1. The van der Waals surface area contributed by atoms with Gasteiger partial charge < -0.3 is 10.1 Å². The molecule has 2 N–H and O–H groups in total. The Balaban J connectivity index is 1.37. The number of hydrogen-bond donors (Lipinski definition) is 2. The van der Waals surface area contributed by atoms with Crippen molar-refractivity contribution in [2.24, 2.45) is 5.92 Å². The van der Waals surface area contributed by atoms with Gasteiger partial charge >= 0.3 is 0 Å². The van der Waals surface area contributed by atoms with Gasteiger partial charge in [0.15, 0.2) is 5.65 Å². The molecule has 0 unspecified atom stereocenters. The first-order valence-electron chi connectivity index (χ1n) is 9.46. The highest BCUT2D eigenvalue weighted by atomic mass is 16.5. The van der Waals surface area contributed by atoms with E-state index >= 15 is 0 Å². The molecule has 0 radical (unpaired) electrons. The molecule has 1 saturated carbocycles. The first-order chi connectivity index (χ1) is 12.2. The minimum atomic E-state index is 0.344. The second kappa shape index (κ2) is 7.25. The lowest BCUT2D eigenvalue weighted by atomic mass is 9.85. The summed E-state index contributed by atoms with van der Waals surface area (Å²) in [6.45, 7) is 7.65. The van der Waals surface area contributed by atoms with E-state index in [-0.39, 0.29) is 0 Å². The van der Waals surface area contributed by atoms with Crippen LogP contribution in [0.2, 0.25) is 0 Å². The van der Waals surface area contributed by atoms with Crippen LogP contribution in [0.15, 0.2) is 12.5 Å². The van der Waals surface area contributed by atoms with Gasteiger partial charge in [-0.1, -0.05) is 6.42 Å². The molecular formula is C18H28N6O. The van der Waals surface area contributed by atoms with Gasteiger partial charge in [-0.05, 0) is 39.0 Å². The molecule has 2 aromatic heterocycles. The molecule has 0 aromatic carbocycles. The monoisotopic (exact) mass is 344 g/mol. The molecular weight excluding hydrogens is 316 g/mol. The molecule has 1 aliphatic heterocycles. The van der Waals surface area contributed by atoms with Crippen molar-refractivity contribution >= 4 is 16.9 Å². The maximum Gasteiger partial charge on any atom is 0.160 e. The van der Waals surface area contributed by atoms with E-state index in [0.29, 0.717) is 18.2 Å². The summed E-state index contributed by atoms with van der Waals surface area (Å²) in [5.74, 6) is 1.64. The summed E-state index contributed by atoms with van der Waals surface area (Å²) in [5.41, 5.74) is 0.793. The van der Waals surface area contributed by atoms with E-state index in [1.807, 2.05) is 0 Å². The predicted octanol–water partition coefficient (Wildman–Crippen LogP) is 2.43. The van der Waals surface area contributed by atoms with Crippen molar-refractivity contribution in [3.05, 3.63) is 12.5 Å². The lowest BCUT2D eigenvalue weighted by molar-refractivity contribution is -0.0725. The molecule has 0 spiro atoms. The van der Waals surface area contributed by atoms with Gasteiger partial charge in [0, 0.05) is 25.7 Å². The predicted molar refractivity (Wildman–Crippen MR) is 97.5 cm³/mol. The highest BCUT2D eigenvalue weighted by Crippen LogP contribution is 2.29. The fourth-order valence-electron chi connectivity index (χ4n) is 4.46. The van der Waals surface area contributed by atoms with E-state index in [4.69, 9.17) is 4.74 Å². The van der Waals surface area contributed by atoms with E-state index in [1.165, 1.54) is 32.2 Å². The second-order valence-electron chi connectivity index (χ2n) is 7.70. The fourth-order valence-corrected chi connectivity index (χ4v) is 4.46. The van der Waals surface area contributed by atoms with Gasteiger partial charge in [0.2, 0.25) is 0 Å². The van der Waals surface area contributed by atoms with Crippen molar-refractivity contribution in [1.29, 1.82) is 0 Å². The molecule has 2 fully saturated rings. The average molecular weight is 344 g/mol. The Labute approximate surface area is 148 Å². The Morgan fingerprint density at radius 2 is 2.08 bits per heavy atom. The first-order valence-corrected chi connectivity index (χ1v) is 9.46. The van der Waals surface area contributed by atoms with Crippen molar-refractivity contribution in [3.8, 4) is 0 Å². The standard InChI is InChI=1S/C18H28N6O/c1-12-8-24(9-13(2)25-12)10-14-4-3-5-15(6-14)22-17-16-7-21-23-18(16)20-11-19-17/h7,11-15H,3-6,8-10H2,1-2H3,(H2,19,20,21,22,23)/t12-,13+,14-,15+/m1/s1. The highest BCUT2D eigenvalue weighted by molar-refractivity contribution is 5.85. The van der Waals surface area contributed by atoms with Crippen molar-refractivity contribution in [1.82, 2.24) is 25.1 Å². The molecule has 7 nitrogen and oxygen atoms in total. The topological polar surface area (TPSA) is 79.0 Å². The molecule has 4 rings (SSSR count). The molecule has 2 aliphatic rings. The van der Waals surface area contributed by atoms with Gasteiger partial charge in [-0.3, -0.25) is 10.00 Å². The zero-order valence-electron chi connectivity index (χ0n) is 15.1. The number of aromatic amines is 1. The molecule has 7 heteroatoms. The third-order valence-corrected chi connectivity index (χ3v) is 5.38. The van der Waals surface area contributed by atoms with Crippen molar-refractivity contribution in [2.45, 2.75) is 57.8 Å². The summed E-state index contributed by atoms with van der Waals surface area (Å²) in [6, 6.07) is 0.475. The van der Waals surface area contributed by atoms with Crippen LogP contribution >= 0.6 is 0 Å². The van der Waals surface area contributed by atoms with Crippen LogP contribution in [0.1, 0.15) is 39.5 Å². The van der Waals surface area contributed by atoms with E-state index in [9.17, 15) is 0 Å². The molecule has 136 valence electrons. The minimum Gasteiger partial charge on any atom is -0.373 e. The zero-order valence-corrected chi connectivity index (χ0v) is 15.1. The molecule has 1 aliphatic carbocycles. The van der Waals surface area contributed by atoms with Crippen LogP contribution in [-0.2, 0) is 4.74 Å². The SMILES string of the molecule is C[C@@H]1CN(C[C@@H]2CCC[C@H](Nc3ncnc4[nH]ncc34)C2)C[C@H](C)O1. The van der Waals surface area contributed by atoms with E-state index < -0.39 is 0 Å². The second-order valence-corrected chi connectivity index (χ2v) is 7.70. The van der Waals surface area contributed by atoms with Crippen molar-refractivity contribution in [3.63, 3.8) is 0 Å². The van der Waals surface area contributed by atoms with Crippen molar-refractivity contribution < 1.29 is 4.74 Å². The van der Waals surface area contributed by atoms with Gasteiger partial charge in [-0.25, -0.2) is 9.97 Å². The maximum absolute atomic E-state index is 5.86. The number of rotatable bonds is 4. The average Bonchev–Trinajstić information content (AvgIpc) is 3.04. The van der Waals surface area contributed by atoms with Crippen LogP contribution in [0, 0.1) is 5.92 Å². The summed E-state index contributed by atoms with van der Waals surface area (Å²) in [7, 11) is 0.